The van der Waals surface area contributed by atoms with Crippen LogP contribution in [-0.4, -0.2) is 33.3 Å². The minimum atomic E-state index is -3.72. The molecule has 0 spiro atoms. The van der Waals surface area contributed by atoms with Crippen LogP contribution in [0, 0.1) is 0 Å². The van der Waals surface area contributed by atoms with E-state index in [1.165, 1.54) is 23.9 Å². The van der Waals surface area contributed by atoms with Gasteiger partial charge in [0.05, 0.1) is 16.7 Å². The van der Waals surface area contributed by atoms with Gasteiger partial charge in [-0.05, 0) is 42.8 Å². The molecule has 1 atom stereocenters. The van der Waals surface area contributed by atoms with Crippen LogP contribution in [0.4, 0.5) is 0 Å². The molecule has 0 unspecified atom stereocenters. The maximum Gasteiger partial charge on any atom is 0.238 e. The quantitative estimate of drug-likeness (QED) is 0.709. The summed E-state index contributed by atoms with van der Waals surface area (Å²) in [4.78, 5) is 13.2. The molecule has 0 saturated carbocycles. The van der Waals surface area contributed by atoms with Crippen molar-refractivity contribution in [3.05, 3.63) is 48.0 Å². The fourth-order valence-corrected chi connectivity index (χ4v) is 3.83. The molecule has 144 valence electrons. The van der Waals surface area contributed by atoms with Gasteiger partial charge in [0.15, 0.2) is 11.5 Å². The van der Waals surface area contributed by atoms with Crippen molar-refractivity contribution in [3.8, 4) is 11.5 Å². The Morgan fingerprint density at radius 2 is 1.81 bits per heavy atom. The van der Waals surface area contributed by atoms with Crippen molar-refractivity contribution in [3.63, 3.8) is 0 Å². The largest absolute Gasteiger partial charge is 0.486 e. The first kappa shape index (κ1) is 19.5. The normalized spacial score (nSPS) is 14.4. The van der Waals surface area contributed by atoms with Crippen LogP contribution in [0.1, 0.15) is 18.5 Å². The van der Waals surface area contributed by atoms with Crippen LogP contribution in [0.5, 0.6) is 11.5 Å². The molecule has 0 bridgehead atoms. The molecule has 1 heterocycles. The van der Waals surface area contributed by atoms with Gasteiger partial charge >= 0.3 is 0 Å². The summed E-state index contributed by atoms with van der Waals surface area (Å²) in [6.45, 7) is 2.89. The predicted octanol–water partition coefficient (Wildman–Crippen LogP) is 2.07. The third-order valence-electron chi connectivity index (χ3n) is 3.97. The van der Waals surface area contributed by atoms with E-state index < -0.39 is 10.0 Å². The Morgan fingerprint density at radius 3 is 2.48 bits per heavy atom. The minimum absolute atomic E-state index is 0.0407. The van der Waals surface area contributed by atoms with Crippen molar-refractivity contribution < 1.29 is 22.7 Å². The summed E-state index contributed by atoms with van der Waals surface area (Å²) < 4.78 is 33.6. The summed E-state index contributed by atoms with van der Waals surface area (Å²) in [5, 5.41) is 7.97. The highest BCUT2D eigenvalue weighted by Gasteiger charge is 2.14. The van der Waals surface area contributed by atoms with Gasteiger partial charge < -0.3 is 14.8 Å². The number of amides is 1. The molecule has 27 heavy (non-hydrogen) atoms. The molecule has 3 rings (SSSR count). The van der Waals surface area contributed by atoms with Crippen molar-refractivity contribution in [2.75, 3.05) is 19.0 Å². The zero-order valence-electron chi connectivity index (χ0n) is 14.7. The number of nitrogens with two attached hydrogens (primary N) is 1. The fourth-order valence-electron chi connectivity index (χ4n) is 2.58. The van der Waals surface area contributed by atoms with Gasteiger partial charge in [0.2, 0.25) is 15.9 Å². The van der Waals surface area contributed by atoms with Crippen LogP contribution in [0.25, 0.3) is 0 Å². The molecular weight excluding hydrogens is 388 g/mol. The van der Waals surface area contributed by atoms with Gasteiger partial charge in [0, 0.05) is 4.90 Å². The zero-order chi connectivity index (χ0) is 19.4. The maximum absolute atomic E-state index is 12.2. The molecule has 9 heteroatoms. The average Bonchev–Trinajstić information content (AvgIpc) is 2.65. The molecule has 2 aromatic rings. The summed E-state index contributed by atoms with van der Waals surface area (Å²) in [7, 11) is -3.72. The van der Waals surface area contributed by atoms with Crippen molar-refractivity contribution in [1.29, 1.82) is 0 Å². The highest BCUT2D eigenvalue weighted by Crippen LogP contribution is 2.34. The van der Waals surface area contributed by atoms with Gasteiger partial charge in [0.1, 0.15) is 13.2 Å². The Hall–Kier alpha value is -2.23. The van der Waals surface area contributed by atoms with Crippen molar-refractivity contribution >= 4 is 27.7 Å². The van der Waals surface area contributed by atoms with E-state index in [9.17, 15) is 13.2 Å². The van der Waals surface area contributed by atoms with Crippen LogP contribution in [0.15, 0.2) is 52.3 Å². The van der Waals surface area contributed by atoms with Crippen molar-refractivity contribution in [2.45, 2.75) is 22.8 Å². The Morgan fingerprint density at radius 1 is 1.15 bits per heavy atom. The van der Waals surface area contributed by atoms with Gasteiger partial charge in [0.25, 0.3) is 0 Å². The number of thioether (sulfide) groups is 1. The monoisotopic (exact) mass is 408 g/mol. The lowest BCUT2D eigenvalue weighted by Crippen LogP contribution is -2.28. The molecule has 1 aliphatic rings. The predicted molar refractivity (Wildman–Crippen MR) is 103 cm³/mol. The lowest BCUT2D eigenvalue weighted by molar-refractivity contribution is -0.119. The number of primary sulfonamides is 1. The second-order valence-corrected chi connectivity index (χ2v) is 8.61. The van der Waals surface area contributed by atoms with Gasteiger partial charge in [-0.1, -0.05) is 12.1 Å². The molecule has 0 aromatic heterocycles. The molecule has 7 nitrogen and oxygen atoms in total. The number of carbonyl (C=O) groups is 1. The van der Waals surface area contributed by atoms with E-state index >= 15 is 0 Å². The molecule has 1 amide bonds. The lowest BCUT2D eigenvalue weighted by atomic mass is 10.1. The molecule has 0 saturated heterocycles. The third kappa shape index (κ3) is 5.15. The molecule has 1 aliphatic heterocycles. The van der Waals surface area contributed by atoms with Crippen LogP contribution >= 0.6 is 11.8 Å². The Bertz CT molecular complexity index is 929. The van der Waals surface area contributed by atoms with E-state index in [4.69, 9.17) is 14.6 Å². The average molecular weight is 409 g/mol. The Balaban J connectivity index is 1.54. The van der Waals surface area contributed by atoms with E-state index in [0.717, 1.165) is 10.5 Å². The number of hydrogen-bond donors (Lipinski definition) is 2. The number of rotatable bonds is 6. The number of fused-ring (bicyclic) bond motifs is 1. The third-order valence-corrected chi connectivity index (χ3v) is 5.89. The number of carbonyl (C=O) groups excluding carboxylic acids is 1. The summed E-state index contributed by atoms with van der Waals surface area (Å²) in [5.74, 6) is 1.53. The zero-order valence-corrected chi connectivity index (χ0v) is 16.3. The molecular formula is C18H20N2O5S2. The number of sulfonamides is 1. The second-order valence-electron chi connectivity index (χ2n) is 6.00. The lowest BCUT2D eigenvalue weighted by Gasteiger charge is -2.19. The Labute approximate surface area is 162 Å². The van der Waals surface area contributed by atoms with E-state index in [1.54, 1.807) is 12.1 Å². The van der Waals surface area contributed by atoms with Gasteiger partial charge in [-0.2, -0.15) is 0 Å². The van der Waals surface area contributed by atoms with Crippen LogP contribution in [-0.2, 0) is 14.8 Å². The Kier molecular flexibility index (Phi) is 5.93. The maximum atomic E-state index is 12.2. The molecule has 0 radical (unpaired) electrons. The molecule has 3 N–H and O–H groups in total. The highest BCUT2D eigenvalue weighted by atomic mass is 32.2. The van der Waals surface area contributed by atoms with E-state index in [-0.39, 0.29) is 22.6 Å². The summed E-state index contributed by atoms with van der Waals surface area (Å²) in [6, 6.07) is 11.5. The first-order valence-corrected chi connectivity index (χ1v) is 10.8. The molecule has 2 aromatic carbocycles. The summed E-state index contributed by atoms with van der Waals surface area (Å²) in [6.07, 6.45) is 0. The van der Waals surface area contributed by atoms with Crippen LogP contribution < -0.4 is 19.9 Å². The number of ether oxygens (including phenoxy) is 2. The number of hydrogen-bond acceptors (Lipinski definition) is 6. The van der Waals surface area contributed by atoms with E-state index in [2.05, 4.69) is 5.32 Å². The summed E-state index contributed by atoms with van der Waals surface area (Å²) in [5.41, 5.74) is 0.792. The van der Waals surface area contributed by atoms with E-state index in [0.29, 0.717) is 24.7 Å². The van der Waals surface area contributed by atoms with E-state index in [1.807, 2.05) is 25.1 Å². The molecule has 0 aliphatic carbocycles. The van der Waals surface area contributed by atoms with Crippen LogP contribution in [0.2, 0.25) is 0 Å². The fraction of sp³-hybridized carbons (Fsp3) is 0.278. The van der Waals surface area contributed by atoms with Crippen LogP contribution in [0.3, 0.4) is 0 Å². The smallest absolute Gasteiger partial charge is 0.238 e. The SMILES string of the molecule is C[C@@H](NC(=O)CSc1ccc2c(c1)OCCO2)c1ccc(S(N)(=O)=O)cc1. The standard InChI is InChI=1S/C18H20N2O5S2/c1-12(13-2-5-15(6-3-13)27(19,22)23)20-18(21)11-26-14-4-7-16-17(10-14)25-9-8-24-16/h2-7,10,12H,8-9,11H2,1H3,(H,20,21)(H2,19,22,23)/t12-/m1/s1. The topological polar surface area (TPSA) is 108 Å². The minimum Gasteiger partial charge on any atom is -0.486 e. The highest BCUT2D eigenvalue weighted by molar-refractivity contribution is 8.00. The number of nitrogens with one attached hydrogen (secondary N) is 1. The number of benzene rings is 2. The van der Waals surface area contributed by atoms with Gasteiger partial charge in [-0.25, -0.2) is 13.6 Å². The first-order chi connectivity index (χ1) is 12.8. The first-order valence-electron chi connectivity index (χ1n) is 8.27. The second kappa shape index (κ2) is 8.20. The molecule has 0 fully saturated rings. The van der Waals surface area contributed by atoms with Gasteiger partial charge in [-0.15, -0.1) is 11.8 Å². The summed E-state index contributed by atoms with van der Waals surface area (Å²) >= 11 is 1.40. The van der Waals surface area contributed by atoms with Crippen molar-refractivity contribution in [2.24, 2.45) is 5.14 Å². The van der Waals surface area contributed by atoms with Crippen molar-refractivity contribution in [1.82, 2.24) is 5.32 Å². The van der Waals surface area contributed by atoms with Gasteiger partial charge in [-0.3, -0.25) is 4.79 Å².